The Balaban J connectivity index is 2.02. The van der Waals surface area contributed by atoms with Gasteiger partial charge in [-0.1, -0.05) is 6.92 Å². The number of aromatic nitrogens is 1. The minimum absolute atomic E-state index is 0.397. The molecule has 0 radical (unpaired) electrons. The maximum Gasteiger partial charge on any atom is 0.401 e. The van der Waals surface area contributed by atoms with Crippen LogP contribution in [0.1, 0.15) is 18.2 Å². The molecule has 0 aromatic carbocycles. The summed E-state index contributed by atoms with van der Waals surface area (Å²) in [7, 11) is 0. The number of anilines is 1. The van der Waals surface area contributed by atoms with Gasteiger partial charge in [-0.3, -0.25) is 4.90 Å². The Morgan fingerprint density at radius 1 is 1.19 bits per heavy atom. The summed E-state index contributed by atoms with van der Waals surface area (Å²) in [6, 6.07) is 3.89. The standard InChI is InChI=1S/C14H19ClF3N3/c1-2-12-7-11(9-15)8-13(19-12)21-5-3-20(4-6-21)10-14(16,17)18/h7-8H,2-6,9-10H2,1H3. The number of piperazine rings is 1. The van der Waals surface area contributed by atoms with Crippen molar-refractivity contribution in [1.29, 1.82) is 0 Å². The lowest BCUT2D eigenvalue weighted by molar-refractivity contribution is -0.146. The van der Waals surface area contributed by atoms with Gasteiger partial charge in [0.15, 0.2) is 0 Å². The third kappa shape index (κ3) is 4.74. The van der Waals surface area contributed by atoms with Crippen LogP contribution in [0.5, 0.6) is 0 Å². The molecule has 1 aliphatic rings. The molecule has 0 amide bonds. The van der Waals surface area contributed by atoms with E-state index in [-0.39, 0.29) is 0 Å². The Kier molecular flexibility index (Phi) is 5.32. The van der Waals surface area contributed by atoms with Crippen LogP contribution >= 0.6 is 11.6 Å². The molecule has 2 heterocycles. The highest BCUT2D eigenvalue weighted by atomic mass is 35.5. The van der Waals surface area contributed by atoms with Crippen molar-refractivity contribution in [3.63, 3.8) is 0 Å². The molecule has 0 aliphatic carbocycles. The number of hydrogen-bond acceptors (Lipinski definition) is 3. The van der Waals surface area contributed by atoms with Crippen LogP contribution in [-0.4, -0.2) is 48.8 Å². The summed E-state index contributed by atoms with van der Waals surface area (Å²) >= 11 is 5.88. The highest BCUT2D eigenvalue weighted by Gasteiger charge is 2.32. The molecule has 1 aromatic rings. The zero-order valence-corrected chi connectivity index (χ0v) is 12.7. The predicted molar refractivity (Wildman–Crippen MR) is 77.9 cm³/mol. The number of pyridine rings is 1. The van der Waals surface area contributed by atoms with Gasteiger partial charge in [-0.15, -0.1) is 11.6 Å². The van der Waals surface area contributed by atoms with Crippen LogP contribution in [0.2, 0.25) is 0 Å². The molecule has 0 N–H and O–H groups in total. The first kappa shape index (κ1) is 16.4. The van der Waals surface area contributed by atoms with Crippen LogP contribution < -0.4 is 4.90 Å². The number of alkyl halides is 4. The summed E-state index contributed by atoms with van der Waals surface area (Å²) in [6.07, 6.45) is -3.32. The van der Waals surface area contributed by atoms with Gasteiger partial charge in [-0.25, -0.2) is 4.98 Å². The molecular formula is C14H19ClF3N3. The second kappa shape index (κ2) is 6.83. The van der Waals surface area contributed by atoms with E-state index in [1.54, 1.807) is 0 Å². The van der Waals surface area contributed by atoms with E-state index in [0.717, 1.165) is 23.5 Å². The van der Waals surface area contributed by atoms with Crippen molar-refractivity contribution >= 4 is 17.4 Å². The molecule has 118 valence electrons. The topological polar surface area (TPSA) is 19.4 Å². The zero-order valence-electron chi connectivity index (χ0n) is 12.0. The Labute approximate surface area is 127 Å². The van der Waals surface area contributed by atoms with Gasteiger partial charge in [0.1, 0.15) is 5.82 Å². The first-order valence-corrected chi connectivity index (χ1v) is 7.54. The number of nitrogens with zero attached hydrogens (tertiary/aromatic N) is 3. The molecule has 7 heteroatoms. The van der Waals surface area contributed by atoms with E-state index in [9.17, 15) is 13.2 Å². The second-order valence-electron chi connectivity index (χ2n) is 5.19. The summed E-state index contributed by atoms with van der Waals surface area (Å²) in [4.78, 5) is 8.01. The number of halogens is 4. The summed E-state index contributed by atoms with van der Waals surface area (Å²) in [5.41, 5.74) is 1.96. The van der Waals surface area contributed by atoms with E-state index < -0.39 is 12.7 Å². The zero-order chi connectivity index (χ0) is 15.5. The summed E-state index contributed by atoms with van der Waals surface area (Å²) in [5, 5.41) is 0. The van der Waals surface area contributed by atoms with Crippen LogP contribution in [0.3, 0.4) is 0 Å². The van der Waals surface area contributed by atoms with Crippen molar-refractivity contribution in [2.24, 2.45) is 0 Å². The van der Waals surface area contributed by atoms with E-state index in [1.807, 2.05) is 24.0 Å². The van der Waals surface area contributed by atoms with Gasteiger partial charge in [-0.05, 0) is 24.1 Å². The van der Waals surface area contributed by atoms with Crippen LogP contribution in [-0.2, 0) is 12.3 Å². The van der Waals surface area contributed by atoms with E-state index in [4.69, 9.17) is 11.6 Å². The molecule has 0 unspecified atom stereocenters. The van der Waals surface area contributed by atoms with Gasteiger partial charge in [0, 0.05) is 37.8 Å². The van der Waals surface area contributed by atoms with E-state index in [0.29, 0.717) is 32.1 Å². The lowest BCUT2D eigenvalue weighted by atomic mass is 10.2. The van der Waals surface area contributed by atoms with Crippen molar-refractivity contribution in [2.75, 3.05) is 37.6 Å². The number of rotatable bonds is 4. The SMILES string of the molecule is CCc1cc(CCl)cc(N2CCN(CC(F)(F)F)CC2)n1. The van der Waals surface area contributed by atoms with Crippen molar-refractivity contribution in [3.8, 4) is 0 Å². The van der Waals surface area contributed by atoms with Crippen LogP contribution in [0.4, 0.5) is 19.0 Å². The Bertz CT molecular complexity index is 449. The fraction of sp³-hybridized carbons (Fsp3) is 0.643. The van der Waals surface area contributed by atoms with Gasteiger partial charge in [0.05, 0.1) is 6.54 Å². The fourth-order valence-corrected chi connectivity index (χ4v) is 2.60. The molecular weight excluding hydrogens is 303 g/mol. The first-order chi connectivity index (χ1) is 9.91. The average molecular weight is 322 g/mol. The first-order valence-electron chi connectivity index (χ1n) is 7.01. The molecule has 21 heavy (non-hydrogen) atoms. The Morgan fingerprint density at radius 3 is 2.38 bits per heavy atom. The minimum atomic E-state index is -4.13. The Morgan fingerprint density at radius 2 is 1.86 bits per heavy atom. The third-order valence-electron chi connectivity index (χ3n) is 3.54. The van der Waals surface area contributed by atoms with Crippen molar-refractivity contribution in [3.05, 3.63) is 23.4 Å². The molecule has 0 spiro atoms. The maximum absolute atomic E-state index is 12.4. The predicted octanol–water partition coefficient (Wildman–Crippen LogP) is 3.07. The van der Waals surface area contributed by atoms with Crippen LogP contribution in [0.25, 0.3) is 0 Å². The van der Waals surface area contributed by atoms with E-state index in [2.05, 4.69) is 4.98 Å². The lowest BCUT2D eigenvalue weighted by Gasteiger charge is -2.35. The summed E-state index contributed by atoms with van der Waals surface area (Å²) in [6.45, 7) is 3.08. The van der Waals surface area contributed by atoms with Gasteiger partial charge in [0.25, 0.3) is 0 Å². The van der Waals surface area contributed by atoms with Gasteiger partial charge in [-0.2, -0.15) is 13.2 Å². The van der Waals surface area contributed by atoms with E-state index >= 15 is 0 Å². The molecule has 1 aromatic heterocycles. The number of hydrogen-bond donors (Lipinski definition) is 0. The van der Waals surface area contributed by atoms with E-state index in [1.165, 1.54) is 4.90 Å². The smallest absolute Gasteiger partial charge is 0.354 e. The molecule has 0 bridgehead atoms. The fourth-order valence-electron chi connectivity index (χ4n) is 2.44. The van der Waals surface area contributed by atoms with Gasteiger partial charge >= 0.3 is 6.18 Å². The second-order valence-corrected chi connectivity index (χ2v) is 5.46. The third-order valence-corrected chi connectivity index (χ3v) is 3.85. The van der Waals surface area contributed by atoms with Crippen molar-refractivity contribution < 1.29 is 13.2 Å². The van der Waals surface area contributed by atoms with Crippen LogP contribution in [0.15, 0.2) is 12.1 Å². The minimum Gasteiger partial charge on any atom is -0.354 e. The molecule has 1 fully saturated rings. The van der Waals surface area contributed by atoms with Gasteiger partial charge < -0.3 is 4.90 Å². The van der Waals surface area contributed by atoms with Crippen LogP contribution in [0, 0.1) is 0 Å². The Hall–Kier alpha value is -1.01. The molecule has 0 saturated carbocycles. The normalized spacial score (nSPS) is 17.3. The summed E-state index contributed by atoms with van der Waals surface area (Å²) < 4.78 is 37.1. The molecule has 2 rings (SSSR count). The quantitative estimate of drug-likeness (QED) is 0.795. The van der Waals surface area contributed by atoms with Crippen molar-refractivity contribution in [2.45, 2.75) is 25.4 Å². The molecule has 1 saturated heterocycles. The van der Waals surface area contributed by atoms with Crippen molar-refractivity contribution in [1.82, 2.24) is 9.88 Å². The average Bonchev–Trinajstić information content (AvgIpc) is 2.45. The monoisotopic (exact) mass is 321 g/mol. The van der Waals surface area contributed by atoms with Gasteiger partial charge in [0.2, 0.25) is 0 Å². The molecule has 0 atom stereocenters. The molecule has 1 aliphatic heterocycles. The molecule has 3 nitrogen and oxygen atoms in total. The number of aryl methyl sites for hydroxylation is 1. The lowest BCUT2D eigenvalue weighted by Crippen LogP contribution is -2.49. The largest absolute Gasteiger partial charge is 0.401 e. The summed E-state index contributed by atoms with van der Waals surface area (Å²) in [5.74, 6) is 1.23. The maximum atomic E-state index is 12.4. The highest BCUT2D eigenvalue weighted by molar-refractivity contribution is 6.17. The highest BCUT2D eigenvalue weighted by Crippen LogP contribution is 2.21.